The summed E-state index contributed by atoms with van der Waals surface area (Å²) in [5.74, 6) is -0.399. The van der Waals surface area contributed by atoms with Crippen LogP contribution in [0.1, 0.15) is 42.9 Å². The highest BCUT2D eigenvalue weighted by molar-refractivity contribution is 5.94. The van der Waals surface area contributed by atoms with Crippen molar-refractivity contribution in [2.75, 3.05) is 11.4 Å². The Balaban J connectivity index is 1.72. The molecular weight excluding hydrogens is 410 g/mol. The van der Waals surface area contributed by atoms with Gasteiger partial charge in [0, 0.05) is 12.2 Å². The highest BCUT2D eigenvalue weighted by Crippen LogP contribution is 2.42. The van der Waals surface area contributed by atoms with Gasteiger partial charge in [-0.15, -0.1) is 0 Å². The number of carbonyl (C=O) groups is 1. The Hall–Kier alpha value is -3.53. The topological polar surface area (TPSA) is 49.8 Å². The van der Waals surface area contributed by atoms with Crippen LogP contribution in [0.4, 0.5) is 5.69 Å². The lowest BCUT2D eigenvalue weighted by Crippen LogP contribution is -2.43. The summed E-state index contributed by atoms with van der Waals surface area (Å²) in [7, 11) is 0. The number of carbonyl (C=O) groups excluding carboxylic acids is 1. The zero-order valence-corrected chi connectivity index (χ0v) is 19.3. The predicted octanol–water partition coefficient (Wildman–Crippen LogP) is 6.46. The fourth-order valence-corrected chi connectivity index (χ4v) is 4.57. The fraction of sp³-hybridized carbons (Fsp3) is 0.276. The number of aliphatic hydroxyl groups is 1. The lowest BCUT2D eigenvalue weighted by molar-refractivity contribution is -0.161. The average Bonchev–Trinajstić information content (AvgIpc) is 2.83. The summed E-state index contributed by atoms with van der Waals surface area (Å²) in [6.07, 6.45) is 2.40. The van der Waals surface area contributed by atoms with Gasteiger partial charge < -0.3 is 14.7 Å². The van der Waals surface area contributed by atoms with Crippen molar-refractivity contribution in [3.8, 4) is 0 Å². The fourth-order valence-electron chi connectivity index (χ4n) is 4.57. The van der Waals surface area contributed by atoms with Crippen LogP contribution < -0.4 is 4.90 Å². The first-order chi connectivity index (χ1) is 16.0. The van der Waals surface area contributed by atoms with Gasteiger partial charge in [-0.25, -0.2) is 4.79 Å². The summed E-state index contributed by atoms with van der Waals surface area (Å²) in [5, 5.41) is 11.3. The molecular formula is C29H31NO3. The Kier molecular flexibility index (Phi) is 6.83. The van der Waals surface area contributed by atoms with Gasteiger partial charge in [-0.1, -0.05) is 79.7 Å². The maximum atomic E-state index is 13.5. The van der Waals surface area contributed by atoms with E-state index in [0.717, 1.165) is 29.7 Å². The van der Waals surface area contributed by atoms with E-state index >= 15 is 0 Å². The molecule has 0 bridgehead atoms. The van der Waals surface area contributed by atoms with Crippen LogP contribution in [-0.2, 0) is 21.6 Å². The van der Waals surface area contributed by atoms with Crippen LogP contribution in [0, 0.1) is 6.92 Å². The van der Waals surface area contributed by atoms with E-state index in [9.17, 15) is 9.90 Å². The largest absolute Gasteiger partial charge is 0.510 e. The molecule has 0 saturated heterocycles. The number of benzene rings is 3. The van der Waals surface area contributed by atoms with Crippen LogP contribution >= 0.6 is 0 Å². The number of nitrogens with zero attached hydrogens (tertiary/aromatic N) is 1. The molecule has 0 amide bonds. The van der Waals surface area contributed by atoms with Crippen molar-refractivity contribution in [1.29, 1.82) is 0 Å². The number of anilines is 1. The van der Waals surface area contributed by atoms with Crippen LogP contribution in [0.2, 0.25) is 0 Å². The van der Waals surface area contributed by atoms with Crippen molar-refractivity contribution in [2.24, 2.45) is 0 Å². The molecule has 0 saturated carbocycles. The minimum Gasteiger partial charge on any atom is -0.510 e. The highest BCUT2D eigenvalue weighted by Gasteiger charge is 2.44. The lowest BCUT2D eigenvalue weighted by atomic mass is 9.82. The second-order valence-corrected chi connectivity index (χ2v) is 8.70. The van der Waals surface area contributed by atoms with Gasteiger partial charge >= 0.3 is 5.97 Å². The molecule has 33 heavy (non-hydrogen) atoms. The number of rotatable bonds is 8. The Labute approximate surface area is 196 Å². The average molecular weight is 442 g/mol. The molecule has 1 aliphatic heterocycles. The maximum absolute atomic E-state index is 13.5. The second kappa shape index (κ2) is 9.95. The molecule has 0 aromatic heterocycles. The van der Waals surface area contributed by atoms with Gasteiger partial charge in [-0.2, -0.15) is 0 Å². The molecule has 3 aromatic rings. The Morgan fingerprint density at radius 3 is 2.30 bits per heavy atom. The molecule has 170 valence electrons. The van der Waals surface area contributed by atoms with Gasteiger partial charge in [0.2, 0.25) is 0 Å². The van der Waals surface area contributed by atoms with Crippen LogP contribution in [0.3, 0.4) is 0 Å². The third kappa shape index (κ3) is 4.95. The first kappa shape index (κ1) is 22.7. The van der Waals surface area contributed by atoms with E-state index < -0.39 is 11.6 Å². The van der Waals surface area contributed by atoms with Crippen LogP contribution in [-0.4, -0.2) is 17.6 Å². The van der Waals surface area contributed by atoms with E-state index in [4.69, 9.17) is 4.74 Å². The first-order valence-electron chi connectivity index (χ1n) is 11.6. The van der Waals surface area contributed by atoms with Gasteiger partial charge in [-0.05, 0) is 55.0 Å². The maximum Gasteiger partial charge on any atom is 0.359 e. The first-order valence-corrected chi connectivity index (χ1v) is 11.6. The summed E-state index contributed by atoms with van der Waals surface area (Å²) >= 11 is 0. The van der Waals surface area contributed by atoms with Gasteiger partial charge in [0.15, 0.2) is 5.70 Å². The normalized spacial score (nSPS) is 18.2. The Morgan fingerprint density at radius 2 is 1.67 bits per heavy atom. The Morgan fingerprint density at radius 1 is 0.970 bits per heavy atom. The summed E-state index contributed by atoms with van der Waals surface area (Å²) < 4.78 is 6.25. The molecule has 0 spiro atoms. The van der Waals surface area contributed by atoms with E-state index in [2.05, 4.69) is 19.1 Å². The van der Waals surface area contributed by atoms with E-state index in [1.165, 1.54) is 5.56 Å². The molecule has 4 rings (SSSR count). The minimum absolute atomic E-state index is 0.0816. The monoisotopic (exact) mass is 441 g/mol. The van der Waals surface area contributed by atoms with Crippen LogP contribution in [0.25, 0.3) is 0 Å². The standard InChI is InChI=1S/C29H31NO3/c1-3-19-30(25-16-10-11-22(2)20-25)27-26(31)21-29(33-28(27)32,24-14-8-5-9-15-24)18-17-23-12-6-4-7-13-23/h4-16,20,31H,3,17-19,21H2,1-2H3. The molecule has 4 heteroatoms. The number of aliphatic hydroxyl groups excluding tert-OH is 1. The Bertz CT molecular complexity index is 1120. The molecule has 0 fully saturated rings. The summed E-state index contributed by atoms with van der Waals surface area (Å²) in [4.78, 5) is 15.4. The molecule has 1 aliphatic rings. The number of aryl methyl sites for hydroxylation is 2. The summed E-state index contributed by atoms with van der Waals surface area (Å²) in [5.41, 5.74) is 3.38. The van der Waals surface area contributed by atoms with Crippen molar-refractivity contribution in [3.05, 3.63) is 113 Å². The number of esters is 1. The van der Waals surface area contributed by atoms with E-state index in [1.807, 2.05) is 84.6 Å². The van der Waals surface area contributed by atoms with Gasteiger partial charge in [0.05, 0.1) is 6.42 Å². The van der Waals surface area contributed by atoms with E-state index in [-0.39, 0.29) is 17.9 Å². The molecule has 0 aliphatic carbocycles. The van der Waals surface area contributed by atoms with Gasteiger partial charge in [-0.3, -0.25) is 0 Å². The number of hydrogen-bond donors (Lipinski definition) is 1. The number of cyclic esters (lactones) is 1. The third-order valence-electron chi connectivity index (χ3n) is 6.20. The zero-order valence-electron chi connectivity index (χ0n) is 19.3. The molecule has 1 atom stereocenters. The van der Waals surface area contributed by atoms with E-state index in [0.29, 0.717) is 13.0 Å². The minimum atomic E-state index is -0.910. The third-order valence-corrected chi connectivity index (χ3v) is 6.20. The quantitative estimate of drug-likeness (QED) is 0.408. The smallest absolute Gasteiger partial charge is 0.359 e. The van der Waals surface area contributed by atoms with Crippen LogP contribution in [0.15, 0.2) is 96.4 Å². The summed E-state index contributed by atoms with van der Waals surface area (Å²) in [6, 6.07) is 27.9. The lowest BCUT2D eigenvalue weighted by Gasteiger charge is -2.40. The number of ether oxygens (including phenoxy) is 1. The SMILES string of the molecule is CCCN(C1=C(O)CC(CCc2ccccc2)(c2ccccc2)OC1=O)c1cccc(C)c1. The predicted molar refractivity (Wildman–Crippen MR) is 132 cm³/mol. The molecule has 1 unspecified atom stereocenters. The van der Waals surface area contributed by atoms with Crippen molar-refractivity contribution in [2.45, 2.75) is 45.1 Å². The molecule has 3 aromatic carbocycles. The number of hydrogen-bond acceptors (Lipinski definition) is 4. The summed E-state index contributed by atoms with van der Waals surface area (Å²) in [6.45, 7) is 4.69. The van der Waals surface area contributed by atoms with Crippen molar-refractivity contribution >= 4 is 11.7 Å². The molecule has 1 N–H and O–H groups in total. The van der Waals surface area contributed by atoms with Gasteiger partial charge in [0.25, 0.3) is 0 Å². The molecule has 4 nitrogen and oxygen atoms in total. The zero-order chi connectivity index (χ0) is 23.3. The molecule has 1 heterocycles. The van der Waals surface area contributed by atoms with Crippen molar-refractivity contribution < 1.29 is 14.6 Å². The van der Waals surface area contributed by atoms with Crippen molar-refractivity contribution in [3.63, 3.8) is 0 Å². The van der Waals surface area contributed by atoms with E-state index in [1.54, 1.807) is 0 Å². The van der Waals surface area contributed by atoms with Crippen LogP contribution in [0.5, 0.6) is 0 Å². The highest BCUT2D eigenvalue weighted by atomic mass is 16.6. The molecule has 0 radical (unpaired) electrons. The van der Waals surface area contributed by atoms with Gasteiger partial charge in [0.1, 0.15) is 11.4 Å². The van der Waals surface area contributed by atoms with Crippen molar-refractivity contribution in [1.82, 2.24) is 0 Å². The second-order valence-electron chi connectivity index (χ2n) is 8.70.